The zero-order valence-corrected chi connectivity index (χ0v) is 11.3. The Bertz CT molecular complexity index is 391. The third kappa shape index (κ3) is 4.37. The van der Waals surface area contributed by atoms with Gasteiger partial charge in [0.15, 0.2) is 0 Å². The lowest BCUT2D eigenvalue weighted by Gasteiger charge is -2.19. The van der Waals surface area contributed by atoms with Gasteiger partial charge in [-0.1, -0.05) is 18.2 Å². The number of nitrogens with one attached hydrogen (secondary N) is 1. The Morgan fingerprint density at radius 3 is 2.61 bits per heavy atom. The maximum atomic E-state index is 11.5. The standard InChI is InChI=1S/C14H22N2O2/c1-10(2)18-13-7-5-4-6-12(13)11(3)16-14(17)8-9-15/h4-7,10-11H,8-9,15H2,1-3H3,(H,16,17). The highest BCUT2D eigenvalue weighted by molar-refractivity contribution is 5.76. The largest absolute Gasteiger partial charge is 0.491 e. The monoisotopic (exact) mass is 250 g/mol. The highest BCUT2D eigenvalue weighted by Crippen LogP contribution is 2.25. The fourth-order valence-corrected chi connectivity index (χ4v) is 1.72. The number of amides is 1. The van der Waals surface area contributed by atoms with Gasteiger partial charge in [0.1, 0.15) is 5.75 Å². The topological polar surface area (TPSA) is 64.3 Å². The van der Waals surface area contributed by atoms with Gasteiger partial charge in [-0.25, -0.2) is 0 Å². The van der Waals surface area contributed by atoms with Crippen LogP contribution in [0.3, 0.4) is 0 Å². The quantitative estimate of drug-likeness (QED) is 0.811. The minimum absolute atomic E-state index is 0.0376. The van der Waals surface area contributed by atoms with Crippen molar-refractivity contribution in [3.63, 3.8) is 0 Å². The van der Waals surface area contributed by atoms with Gasteiger partial charge < -0.3 is 15.8 Å². The van der Waals surface area contributed by atoms with Gasteiger partial charge >= 0.3 is 0 Å². The second kappa shape index (κ2) is 7.01. The molecule has 4 heteroatoms. The SMILES string of the molecule is CC(C)Oc1ccccc1C(C)NC(=O)CCN. The minimum atomic E-state index is -0.0843. The van der Waals surface area contributed by atoms with E-state index in [0.29, 0.717) is 13.0 Å². The Kier molecular flexibility index (Phi) is 5.65. The molecule has 1 rings (SSSR count). The molecular formula is C14H22N2O2. The second-order valence-electron chi connectivity index (χ2n) is 4.53. The van der Waals surface area contributed by atoms with Crippen LogP contribution in [-0.2, 0) is 4.79 Å². The van der Waals surface area contributed by atoms with Gasteiger partial charge in [-0.3, -0.25) is 4.79 Å². The first-order valence-electron chi connectivity index (χ1n) is 6.29. The van der Waals surface area contributed by atoms with E-state index in [1.807, 2.05) is 45.0 Å². The molecule has 100 valence electrons. The second-order valence-corrected chi connectivity index (χ2v) is 4.53. The molecule has 0 heterocycles. The van der Waals surface area contributed by atoms with Crippen molar-refractivity contribution >= 4 is 5.91 Å². The van der Waals surface area contributed by atoms with E-state index in [1.165, 1.54) is 0 Å². The normalized spacial score (nSPS) is 12.3. The predicted molar refractivity (Wildman–Crippen MR) is 72.4 cm³/mol. The molecule has 0 spiro atoms. The Morgan fingerprint density at radius 2 is 2.00 bits per heavy atom. The maximum absolute atomic E-state index is 11.5. The summed E-state index contributed by atoms with van der Waals surface area (Å²) >= 11 is 0. The molecule has 1 aromatic rings. The first-order chi connectivity index (χ1) is 8.54. The number of carbonyl (C=O) groups excluding carboxylic acids is 1. The van der Waals surface area contributed by atoms with Crippen LogP contribution in [0.15, 0.2) is 24.3 Å². The number of ether oxygens (including phenoxy) is 1. The van der Waals surface area contributed by atoms with Gasteiger partial charge in [0, 0.05) is 18.5 Å². The van der Waals surface area contributed by atoms with Crippen LogP contribution in [0.5, 0.6) is 5.75 Å². The van der Waals surface area contributed by atoms with E-state index in [-0.39, 0.29) is 18.1 Å². The highest BCUT2D eigenvalue weighted by Gasteiger charge is 2.14. The molecular weight excluding hydrogens is 228 g/mol. The number of benzene rings is 1. The van der Waals surface area contributed by atoms with Crippen LogP contribution in [0, 0.1) is 0 Å². The molecule has 1 aromatic carbocycles. The third-order valence-corrected chi connectivity index (χ3v) is 2.50. The third-order valence-electron chi connectivity index (χ3n) is 2.50. The van der Waals surface area contributed by atoms with E-state index in [9.17, 15) is 4.79 Å². The molecule has 0 aliphatic heterocycles. The molecule has 0 fully saturated rings. The number of carbonyl (C=O) groups is 1. The number of nitrogens with two attached hydrogens (primary N) is 1. The molecule has 4 nitrogen and oxygen atoms in total. The number of hydrogen-bond donors (Lipinski definition) is 2. The van der Waals surface area contributed by atoms with Crippen molar-refractivity contribution in [2.45, 2.75) is 39.3 Å². The summed E-state index contributed by atoms with van der Waals surface area (Å²) in [6.07, 6.45) is 0.454. The van der Waals surface area contributed by atoms with Crippen LogP contribution in [0.2, 0.25) is 0 Å². The maximum Gasteiger partial charge on any atom is 0.221 e. The Hall–Kier alpha value is -1.55. The zero-order chi connectivity index (χ0) is 13.5. The van der Waals surface area contributed by atoms with Crippen molar-refractivity contribution in [3.05, 3.63) is 29.8 Å². The lowest BCUT2D eigenvalue weighted by atomic mass is 10.1. The number of para-hydroxylation sites is 1. The van der Waals surface area contributed by atoms with Crippen LogP contribution in [0.1, 0.15) is 38.8 Å². The Morgan fingerprint density at radius 1 is 1.33 bits per heavy atom. The molecule has 18 heavy (non-hydrogen) atoms. The molecule has 0 aromatic heterocycles. The molecule has 0 aliphatic carbocycles. The molecule has 0 saturated carbocycles. The molecule has 1 unspecified atom stereocenters. The van der Waals surface area contributed by atoms with Crippen molar-refractivity contribution in [1.82, 2.24) is 5.32 Å². The molecule has 3 N–H and O–H groups in total. The fraction of sp³-hybridized carbons (Fsp3) is 0.500. The number of hydrogen-bond acceptors (Lipinski definition) is 3. The van der Waals surface area contributed by atoms with E-state index in [0.717, 1.165) is 11.3 Å². The van der Waals surface area contributed by atoms with Crippen molar-refractivity contribution < 1.29 is 9.53 Å². The van der Waals surface area contributed by atoms with E-state index >= 15 is 0 Å². The summed E-state index contributed by atoms with van der Waals surface area (Å²) in [4.78, 5) is 11.5. The molecule has 0 bridgehead atoms. The Labute approximate surface area is 109 Å². The van der Waals surface area contributed by atoms with Crippen LogP contribution < -0.4 is 15.8 Å². The minimum Gasteiger partial charge on any atom is -0.491 e. The lowest BCUT2D eigenvalue weighted by Crippen LogP contribution is -2.28. The summed E-state index contributed by atoms with van der Waals surface area (Å²) in [5, 5.41) is 2.91. The summed E-state index contributed by atoms with van der Waals surface area (Å²) in [6, 6.07) is 7.66. The van der Waals surface area contributed by atoms with Gasteiger partial charge in [-0.15, -0.1) is 0 Å². The average molecular weight is 250 g/mol. The van der Waals surface area contributed by atoms with Gasteiger partial charge in [0.25, 0.3) is 0 Å². The first kappa shape index (κ1) is 14.5. The van der Waals surface area contributed by atoms with Gasteiger partial charge in [0.2, 0.25) is 5.91 Å². The molecule has 0 aliphatic rings. The average Bonchev–Trinajstić information content (AvgIpc) is 2.28. The van der Waals surface area contributed by atoms with E-state index < -0.39 is 0 Å². The summed E-state index contributed by atoms with van der Waals surface area (Å²) in [7, 11) is 0. The molecule has 0 radical (unpaired) electrons. The van der Waals surface area contributed by atoms with Crippen LogP contribution in [-0.4, -0.2) is 18.6 Å². The zero-order valence-electron chi connectivity index (χ0n) is 11.3. The van der Waals surface area contributed by atoms with E-state index in [4.69, 9.17) is 10.5 Å². The van der Waals surface area contributed by atoms with E-state index in [1.54, 1.807) is 0 Å². The fourth-order valence-electron chi connectivity index (χ4n) is 1.72. The van der Waals surface area contributed by atoms with Crippen molar-refractivity contribution in [3.8, 4) is 5.75 Å². The van der Waals surface area contributed by atoms with Crippen molar-refractivity contribution in [1.29, 1.82) is 0 Å². The number of rotatable bonds is 6. The van der Waals surface area contributed by atoms with Gasteiger partial charge in [-0.05, 0) is 26.8 Å². The lowest BCUT2D eigenvalue weighted by molar-refractivity contribution is -0.121. The van der Waals surface area contributed by atoms with Gasteiger partial charge in [-0.2, -0.15) is 0 Å². The predicted octanol–water partition coefficient (Wildman–Crippen LogP) is 2.00. The summed E-state index contributed by atoms with van der Waals surface area (Å²) in [5.41, 5.74) is 6.34. The Balaban J connectivity index is 2.78. The van der Waals surface area contributed by atoms with Crippen LogP contribution in [0.25, 0.3) is 0 Å². The molecule has 1 amide bonds. The summed E-state index contributed by atoms with van der Waals surface area (Å²) < 4.78 is 5.73. The van der Waals surface area contributed by atoms with Crippen molar-refractivity contribution in [2.24, 2.45) is 5.73 Å². The summed E-state index contributed by atoms with van der Waals surface area (Å²) in [6.45, 7) is 6.27. The highest BCUT2D eigenvalue weighted by atomic mass is 16.5. The van der Waals surface area contributed by atoms with E-state index in [2.05, 4.69) is 5.32 Å². The molecule has 0 saturated heterocycles. The smallest absolute Gasteiger partial charge is 0.221 e. The van der Waals surface area contributed by atoms with Gasteiger partial charge in [0.05, 0.1) is 12.1 Å². The summed E-state index contributed by atoms with van der Waals surface area (Å²) in [5.74, 6) is 0.775. The first-order valence-corrected chi connectivity index (χ1v) is 6.29. The van der Waals surface area contributed by atoms with Crippen LogP contribution in [0.4, 0.5) is 0 Å². The molecule has 1 atom stereocenters. The van der Waals surface area contributed by atoms with Crippen molar-refractivity contribution in [2.75, 3.05) is 6.54 Å². The van der Waals surface area contributed by atoms with Crippen LogP contribution >= 0.6 is 0 Å².